The summed E-state index contributed by atoms with van der Waals surface area (Å²) in [5, 5.41) is 14.2. The first-order chi connectivity index (χ1) is 14.8. The molecule has 3 aromatic rings. The SMILES string of the molecule is CC(C)(CNC(=O)C1CCN(c2ccc3cccc(O)c3n2)CC1)c1cccc(Br)c1. The first-order valence-electron chi connectivity index (χ1n) is 10.7. The molecule has 1 aliphatic rings. The van der Waals surface area contributed by atoms with Crippen LogP contribution in [-0.2, 0) is 10.2 Å². The number of para-hydroxylation sites is 1. The minimum absolute atomic E-state index is 0.0171. The van der Waals surface area contributed by atoms with Crippen molar-refractivity contribution >= 4 is 38.6 Å². The summed E-state index contributed by atoms with van der Waals surface area (Å²) >= 11 is 3.53. The van der Waals surface area contributed by atoms with Crippen molar-refractivity contribution in [2.45, 2.75) is 32.1 Å². The topological polar surface area (TPSA) is 65.5 Å². The van der Waals surface area contributed by atoms with E-state index in [1.807, 2.05) is 36.4 Å². The summed E-state index contributed by atoms with van der Waals surface area (Å²) < 4.78 is 1.05. The van der Waals surface area contributed by atoms with E-state index >= 15 is 0 Å². The number of carbonyl (C=O) groups is 1. The molecule has 1 aliphatic heterocycles. The number of hydrogen-bond donors (Lipinski definition) is 2. The fourth-order valence-corrected chi connectivity index (χ4v) is 4.53. The number of pyridine rings is 1. The zero-order chi connectivity index (χ0) is 22.0. The number of piperidine rings is 1. The number of carbonyl (C=O) groups excluding carboxylic acids is 1. The average molecular weight is 482 g/mol. The summed E-state index contributed by atoms with van der Waals surface area (Å²) in [6.45, 7) is 6.46. The molecule has 0 aliphatic carbocycles. The number of benzene rings is 2. The van der Waals surface area contributed by atoms with Crippen molar-refractivity contribution in [2.75, 3.05) is 24.5 Å². The van der Waals surface area contributed by atoms with Crippen LogP contribution < -0.4 is 10.2 Å². The van der Waals surface area contributed by atoms with Crippen molar-refractivity contribution in [2.24, 2.45) is 5.92 Å². The van der Waals surface area contributed by atoms with E-state index in [9.17, 15) is 9.90 Å². The Balaban J connectivity index is 1.34. The number of fused-ring (bicyclic) bond motifs is 1. The van der Waals surface area contributed by atoms with Gasteiger partial charge in [0.25, 0.3) is 0 Å². The Bertz CT molecular complexity index is 1090. The van der Waals surface area contributed by atoms with Crippen LogP contribution in [0.3, 0.4) is 0 Å². The van der Waals surface area contributed by atoms with Gasteiger partial charge in [0.15, 0.2) is 0 Å². The number of hydrogen-bond acceptors (Lipinski definition) is 4. The van der Waals surface area contributed by atoms with Crippen molar-refractivity contribution in [1.82, 2.24) is 10.3 Å². The van der Waals surface area contributed by atoms with Crippen LogP contribution in [0.15, 0.2) is 59.1 Å². The van der Waals surface area contributed by atoms with Crippen LogP contribution in [0, 0.1) is 5.92 Å². The second kappa shape index (κ2) is 8.87. The summed E-state index contributed by atoms with van der Waals surface area (Å²) in [5.74, 6) is 1.19. The molecule has 31 heavy (non-hydrogen) atoms. The van der Waals surface area contributed by atoms with E-state index in [4.69, 9.17) is 0 Å². The lowest BCUT2D eigenvalue weighted by Gasteiger charge is -2.33. The minimum Gasteiger partial charge on any atom is -0.506 e. The van der Waals surface area contributed by atoms with E-state index < -0.39 is 0 Å². The molecule has 0 saturated carbocycles. The lowest BCUT2D eigenvalue weighted by atomic mass is 9.84. The molecule has 1 amide bonds. The van der Waals surface area contributed by atoms with Gasteiger partial charge in [-0.1, -0.05) is 54.0 Å². The van der Waals surface area contributed by atoms with E-state index in [0.29, 0.717) is 12.1 Å². The molecule has 2 heterocycles. The fourth-order valence-electron chi connectivity index (χ4n) is 4.13. The number of anilines is 1. The van der Waals surface area contributed by atoms with Crippen LogP contribution in [0.4, 0.5) is 5.82 Å². The first-order valence-corrected chi connectivity index (χ1v) is 11.5. The third-order valence-electron chi connectivity index (χ3n) is 6.18. The molecule has 2 N–H and O–H groups in total. The molecule has 0 atom stereocenters. The number of phenols is 1. The Kier molecular flexibility index (Phi) is 6.19. The second-order valence-electron chi connectivity index (χ2n) is 8.89. The predicted octanol–water partition coefficient (Wildman–Crippen LogP) is 5.01. The Morgan fingerprint density at radius 3 is 2.65 bits per heavy atom. The molecule has 0 unspecified atom stereocenters. The van der Waals surface area contributed by atoms with Crippen molar-refractivity contribution < 1.29 is 9.90 Å². The molecule has 162 valence electrons. The fraction of sp³-hybridized carbons (Fsp3) is 0.360. The van der Waals surface area contributed by atoms with Crippen LogP contribution in [-0.4, -0.2) is 35.6 Å². The van der Waals surface area contributed by atoms with Gasteiger partial charge in [-0.3, -0.25) is 4.79 Å². The highest BCUT2D eigenvalue weighted by atomic mass is 79.9. The Morgan fingerprint density at radius 2 is 1.90 bits per heavy atom. The van der Waals surface area contributed by atoms with Crippen LogP contribution in [0.2, 0.25) is 0 Å². The molecule has 6 heteroatoms. The van der Waals surface area contributed by atoms with Crippen LogP contribution in [0.25, 0.3) is 10.9 Å². The molecule has 4 rings (SSSR count). The van der Waals surface area contributed by atoms with Gasteiger partial charge >= 0.3 is 0 Å². The summed E-state index contributed by atoms with van der Waals surface area (Å²) in [4.78, 5) is 19.7. The molecule has 1 aromatic heterocycles. The Labute approximate surface area is 191 Å². The molecule has 5 nitrogen and oxygen atoms in total. The van der Waals surface area contributed by atoms with Gasteiger partial charge in [-0.05, 0) is 48.7 Å². The first kappa shape index (κ1) is 21.6. The number of nitrogens with zero attached hydrogens (tertiary/aromatic N) is 2. The van der Waals surface area contributed by atoms with Gasteiger partial charge in [0.2, 0.25) is 5.91 Å². The smallest absolute Gasteiger partial charge is 0.223 e. The van der Waals surface area contributed by atoms with Crippen LogP contribution in [0.1, 0.15) is 32.3 Å². The summed E-state index contributed by atoms with van der Waals surface area (Å²) in [7, 11) is 0. The summed E-state index contributed by atoms with van der Waals surface area (Å²) in [6.07, 6.45) is 1.59. The van der Waals surface area contributed by atoms with E-state index in [1.165, 1.54) is 5.56 Å². The predicted molar refractivity (Wildman–Crippen MR) is 129 cm³/mol. The summed E-state index contributed by atoms with van der Waals surface area (Å²) in [6, 6.07) is 17.6. The Hall–Kier alpha value is -2.60. The monoisotopic (exact) mass is 481 g/mol. The van der Waals surface area contributed by atoms with Crippen molar-refractivity contribution in [3.63, 3.8) is 0 Å². The van der Waals surface area contributed by atoms with Gasteiger partial charge in [0.05, 0.1) is 0 Å². The van der Waals surface area contributed by atoms with Crippen molar-refractivity contribution in [1.29, 1.82) is 0 Å². The Morgan fingerprint density at radius 1 is 1.16 bits per heavy atom. The molecular formula is C25H28BrN3O2. The molecule has 0 radical (unpaired) electrons. The highest BCUT2D eigenvalue weighted by molar-refractivity contribution is 9.10. The van der Waals surface area contributed by atoms with Gasteiger partial charge in [0.1, 0.15) is 17.1 Å². The van der Waals surface area contributed by atoms with E-state index in [0.717, 1.165) is 41.6 Å². The molecule has 2 aromatic carbocycles. The van der Waals surface area contributed by atoms with Gasteiger partial charge < -0.3 is 15.3 Å². The van der Waals surface area contributed by atoms with E-state index in [1.54, 1.807) is 6.07 Å². The number of aromatic hydroxyl groups is 1. The van der Waals surface area contributed by atoms with Gasteiger partial charge in [-0.15, -0.1) is 0 Å². The number of amides is 1. The number of nitrogens with one attached hydrogen (secondary N) is 1. The number of halogens is 1. The third-order valence-corrected chi connectivity index (χ3v) is 6.68. The highest BCUT2D eigenvalue weighted by Crippen LogP contribution is 2.29. The molecular weight excluding hydrogens is 454 g/mol. The maximum absolute atomic E-state index is 12.8. The van der Waals surface area contributed by atoms with Crippen molar-refractivity contribution in [3.05, 3.63) is 64.6 Å². The zero-order valence-electron chi connectivity index (χ0n) is 17.9. The number of rotatable bonds is 5. The quantitative estimate of drug-likeness (QED) is 0.537. The van der Waals surface area contributed by atoms with E-state index in [2.05, 4.69) is 57.1 Å². The minimum atomic E-state index is -0.142. The maximum Gasteiger partial charge on any atom is 0.223 e. The third kappa shape index (κ3) is 4.85. The van der Waals surface area contributed by atoms with Gasteiger partial charge in [-0.25, -0.2) is 4.98 Å². The maximum atomic E-state index is 12.8. The number of aromatic nitrogens is 1. The highest BCUT2D eigenvalue weighted by Gasteiger charge is 2.28. The lowest BCUT2D eigenvalue weighted by molar-refractivity contribution is -0.125. The summed E-state index contributed by atoms with van der Waals surface area (Å²) in [5.41, 5.74) is 1.68. The second-order valence-corrected chi connectivity index (χ2v) is 9.81. The molecule has 0 spiro atoms. The van der Waals surface area contributed by atoms with E-state index in [-0.39, 0.29) is 23.0 Å². The molecule has 1 fully saturated rings. The molecule has 0 bridgehead atoms. The lowest BCUT2D eigenvalue weighted by Crippen LogP contribution is -2.44. The normalized spacial score (nSPS) is 15.3. The average Bonchev–Trinajstić information content (AvgIpc) is 2.78. The van der Waals surface area contributed by atoms with Crippen LogP contribution in [0.5, 0.6) is 5.75 Å². The van der Waals surface area contributed by atoms with Gasteiger partial charge in [-0.2, -0.15) is 0 Å². The van der Waals surface area contributed by atoms with Crippen molar-refractivity contribution in [3.8, 4) is 5.75 Å². The number of phenolic OH excluding ortho intramolecular Hbond substituents is 1. The molecule has 1 saturated heterocycles. The zero-order valence-corrected chi connectivity index (χ0v) is 19.5. The standard InChI is InChI=1S/C25H28BrN3O2/c1-25(2,19-6-4-7-20(26)15-19)16-27-24(31)18-11-13-29(14-12-18)22-10-9-17-5-3-8-21(30)23(17)28-22/h3-10,15,18,30H,11-14,16H2,1-2H3,(H,27,31). The van der Waals surface area contributed by atoms with Gasteiger partial charge in [0, 0.05) is 40.8 Å². The van der Waals surface area contributed by atoms with Crippen LogP contribution >= 0.6 is 15.9 Å². The largest absolute Gasteiger partial charge is 0.506 e.